The quantitative estimate of drug-likeness (QED) is 0.557. The number of benzene rings is 2. The molecule has 3 rings (SSSR count). The summed E-state index contributed by atoms with van der Waals surface area (Å²) in [5.74, 6) is 1.17. The van der Waals surface area contributed by atoms with Crippen molar-refractivity contribution in [3.63, 3.8) is 0 Å². The Kier molecular flexibility index (Phi) is 6.89. The normalized spacial score (nSPS) is 13.7. The van der Waals surface area contributed by atoms with E-state index in [0.717, 1.165) is 30.1 Å². The van der Waals surface area contributed by atoms with Crippen molar-refractivity contribution in [2.24, 2.45) is 5.10 Å². The van der Waals surface area contributed by atoms with Crippen LogP contribution in [0.2, 0.25) is 0 Å². The van der Waals surface area contributed by atoms with Gasteiger partial charge in [-0.1, -0.05) is 0 Å². The molecule has 0 spiro atoms. The first kappa shape index (κ1) is 19.7. The first-order chi connectivity index (χ1) is 13.7. The van der Waals surface area contributed by atoms with E-state index in [1.807, 2.05) is 56.3 Å². The van der Waals surface area contributed by atoms with Gasteiger partial charge in [-0.3, -0.25) is 4.79 Å². The maximum absolute atomic E-state index is 12.3. The standard InChI is InChI=1S/C22H27N3O3/c1-3-27-20-12-9-18(21(15-20)28-4-2)16-23-24-22(26)17-7-10-19(11-8-17)25-13-5-6-14-25/h7-12,15-16H,3-6,13-14H2,1-2H3,(H,24,26)/b23-16-. The molecule has 0 saturated carbocycles. The summed E-state index contributed by atoms with van der Waals surface area (Å²) < 4.78 is 11.1. The minimum Gasteiger partial charge on any atom is -0.494 e. The van der Waals surface area contributed by atoms with Crippen LogP contribution in [0.5, 0.6) is 11.5 Å². The molecule has 2 aromatic carbocycles. The molecule has 1 aliphatic heterocycles. The Balaban J connectivity index is 1.62. The fourth-order valence-corrected chi connectivity index (χ4v) is 3.18. The molecule has 1 heterocycles. The van der Waals surface area contributed by atoms with Crippen molar-refractivity contribution in [2.75, 3.05) is 31.2 Å². The smallest absolute Gasteiger partial charge is 0.271 e. The van der Waals surface area contributed by atoms with Crippen molar-refractivity contribution in [1.82, 2.24) is 5.43 Å². The number of carbonyl (C=O) groups is 1. The summed E-state index contributed by atoms with van der Waals surface area (Å²) in [7, 11) is 0. The molecule has 1 aliphatic rings. The van der Waals surface area contributed by atoms with Crippen molar-refractivity contribution in [3.05, 3.63) is 53.6 Å². The number of carbonyl (C=O) groups excluding carboxylic acids is 1. The summed E-state index contributed by atoms with van der Waals surface area (Å²) in [5.41, 5.74) is 5.09. The molecular weight excluding hydrogens is 354 g/mol. The SMILES string of the molecule is CCOc1ccc(/C=N\NC(=O)c2ccc(N3CCCC3)cc2)c(OCC)c1. The maximum Gasteiger partial charge on any atom is 0.271 e. The molecule has 1 fully saturated rings. The van der Waals surface area contributed by atoms with Gasteiger partial charge in [0.2, 0.25) is 0 Å². The highest BCUT2D eigenvalue weighted by atomic mass is 16.5. The minimum absolute atomic E-state index is 0.242. The number of hydrogen-bond acceptors (Lipinski definition) is 5. The lowest BCUT2D eigenvalue weighted by molar-refractivity contribution is 0.0955. The third-order valence-corrected chi connectivity index (χ3v) is 4.57. The van der Waals surface area contributed by atoms with Gasteiger partial charge in [0, 0.05) is 36.0 Å². The number of nitrogens with zero attached hydrogens (tertiary/aromatic N) is 2. The molecule has 0 bridgehead atoms. The molecule has 0 aromatic heterocycles. The number of nitrogens with one attached hydrogen (secondary N) is 1. The number of hydrazone groups is 1. The number of amides is 1. The summed E-state index contributed by atoms with van der Waals surface area (Å²) in [6.07, 6.45) is 4.04. The lowest BCUT2D eigenvalue weighted by Gasteiger charge is -2.17. The van der Waals surface area contributed by atoms with Crippen LogP contribution in [0, 0.1) is 0 Å². The van der Waals surface area contributed by atoms with Gasteiger partial charge in [-0.25, -0.2) is 5.43 Å². The average Bonchev–Trinajstić information content (AvgIpc) is 3.25. The monoisotopic (exact) mass is 381 g/mol. The second kappa shape index (κ2) is 9.78. The van der Waals surface area contributed by atoms with Crippen LogP contribution in [0.4, 0.5) is 5.69 Å². The first-order valence-electron chi connectivity index (χ1n) is 9.79. The fraction of sp³-hybridized carbons (Fsp3) is 0.364. The van der Waals surface area contributed by atoms with Gasteiger partial charge in [0.1, 0.15) is 11.5 Å². The van der Waals surface area contributed by atoms with E-state index in [2.05, 4.69) is 15.4 Å². The van der Waals surface area contributed by atoms with Gasteiger partial charge in [-0.15, -0.1) is 0 Å². The summed E-state index contributed by atoms with van der Waals surface area (Å²) >= 11 is 0. The zero-order valence-corrected chi connectivity index (χ0v) is 16.5. The van der Waals surface area contributed by atoms with Crippen LogP contribution in [-0.4, -0.2) is 38.4 Å². The second-order valence-electron chi connectivity index (χ2n) is 6.51. The van der Waals surface area contributed by atoms with Crippen LogP contribution in [0.3, 0.4) is 0 Å². The molecular formula is C22H27N3O3. The second-order valence-corrected chi connectivity index (χ2v) is 6.51. The molecule has 1 amide bonds. The van der Waals surface area contributed by atoms with E-state index < -0.39 is 0 Å². The molecule has 2 aromatic rings. The number of ether oxygens (including phenoxy) is 2. The predicted molar refractivity (Wildman–Crippen MR) is 112 cm³/mol. The summed E-state index contributed by atoms with van der Waals surface area (Å²) in [6.45, 7) is 7.14. The molecule has 1 N–H and O–H groups in total. The van der Waals surface area contributed by atoms with Gasteiger partial charge in [0.15, 0.2) is 0 Å². The van der Waals surface area contributed by atoms with Crippen LogP contribution in [0.1, 0.15) is 42.6 Å². The van der Waals surface area contributed by atoms with Gasteiger partial charge in [0.05, 0.1) is 19.4 Å². The van der Waals surface area contributed by atoms with E-state index in [9.17, 15) is 4.79 Å². The summed E-state index contributed by atoms with van der Waals surface area (Å²) in [4.78, 5) is 14.7. The van der Waals surface area contributed by atoms with Gasteiger partial charge in [-0.2, -0.15) is 5.10 Å². The molecule has 1 saturated heterocycles. The first-order valence-corrected chi connectivity index (χ1v) is 9.79. The Labute approximate surface area is 166 Å². The Morgan fingerprint density at radius 1 is 1.07 bits per heavy atom. The van der Waals surface area contributed by atoms with Crippen LogP contribution >= 0.6 is 0 Å². The van der Waals surface area contributed by atoms with Gasteiger partial charge in [0.25, 0.3) is 5.91 Å². The van der Waals surface area contributed by atoms with Crippen molar-refractivity contribution in [2.45, 2.75) is 26.7 Å². The summed E-state index contributed by atoms with van der Waals surface area (Å²) in [6, 6.07) is 13.2. The number of hydrogen-bond donors (Lipinski definition) is 1. The highest BCUT2D eigenvalue weighted by Gasteiger charge is 2.13. The molecule has 0 aliphatic carbocycles. The van der Waals surface area contributed by atoms with Crippen LogP contribution < -0.4 is 19.8 Å². The van der Waals surface area contributed by atoms with E-state index in [0.29, 0.717) is 24.5 Å². The lowest BCUT2D eigenvalue weighted by Crippen LogP contribution is -2.19. The average molecular weight is 381 g/mol. The molecule has 6 heteroatoms. The minimum atomic E-state index is -0.242. The Hall–Kier alpha value is -3.02. The van der Waals surface area contributed by atoms with E-state index in [4.69, 9.17) is 9.47 Å². The largest absolute Gasteiger partial charge is 0.494 e. The zero-order valence-electron chi connectivity index (χ0n) is 16.5. The van der Waals surface area contributed by atoms with Crippen LogP contribution in [0.15, 0.2) is 47.6 Å². The van der Waals surface area contributed by atoms with Crippen molar-refractivity contribution in [1.29, 1.82) is 0 Å². The van der Waals surface area contributed by atoms with Crippen molar-refractivity contribution >= 4 is 17.8 Å². The van der Waals surface area contributed by atoms with Gasteiger partial charge in [-0.05, 0) is 63.1 Å². The van der Waals surface area contributed by atoms with Crippen LogP contribution in [0.25, 0.3) is 0 Å². The molecule has 0 atom stereocenters. The van der Waals surface area contributed by atoms with Crippen LogP contribution in [-0.2, 0) is 0 Å². The Morgan fingerprint density at radius 2 is 1.79 bits per heavy atom. The zero-order chi connectivity index (χ0) is 19.8. The molecule has 0 radical (unpaired) electrons. The van der Waals surface area contributed by atoms with Gasteiger partial charge >= 0.3 is 0 Å². The Bertz CT molecular complexity index is 812. The number of anilines is 1. The summed E-state index contributed by atoms with van der Waals surface area (Å²) in [5, 5.41) is 4.08. The van der Waals surface area contributed by atoms with E-state index in [1.54, 1.807) is 6.21 Å². The third-order valence-electron chi connectivity index (χ3n) is 4.57. The predicted octanol–water partition coefficient (Wildman–Crippen LogP) is 3.85. The highest BCUT2D eigenvalue weighted by Crippen LogP contribution is 2.24. The van der Waals surface area contributed by atoms with E-state index in [1.165, 1.54) is 12.8 Å². The van der Waals surface area contributed by atoms with E-state index in [-0.39, 0.29) is 5.91 Å². The van der Waals surface area contributed by atoms with Crippen molar-refractivity contribution in [3.8, 4) is 11.5 Å². The molecule has 28 heavy (non-hydrogen) atoms. The Morgan fingerprint density at radius 3 is 2.46 bits per heavy atom. The highest BCUT2D eigenvalue weighted by molar-refractivity contribution is 5.95. The lowest BCUT2D eigenvalue weighted by atomic mass is 10.2. The number of rotatable bonds is 8. The third kappa shape index (κ3) is 5.03. The van der Waals surface area contributed by atoms with Gasteiger partial charge < -0.3 is 14.4 Å². The van der Waals surface area contributed by atoms with E-state index >= 15 is 0 Å². The molecule has 6 nitrogen and oxygen atoms in total. The fourth-order valence-electron chi connectivity index (χ4n) is 3.18. The topological polar surface area (TPSA) is 63.2 Å². The van der Waals surface area contributed by atoms with Crippen molar-refractivity contribution < 1.29 is 14.3 Å². The molecule has 0 unspecified atom stereocenters. The maximum atomic E-state index is 12.3. The molecule has 148 valence electrons.